The average molecular weight is 282 g/mol. The first kappa shape index (κ1) is 14.1. The van der Waals surface area contributed by atoms with Crippen LogP contribution in [0.5, 0.6) is 5.75 Å². The molecular formula is C19H22O2. The van der Waals surface area contributed by atoms with Crippen LogP contribution in [0.1, 0.15) is 37.0 Å². The molecule has 0 unspecified atom stereocenters. The van der Waals surface area contributed by atoms with Crippen molar-refractivity contribution in [2.24, 2.45) is 5.41 Å². The van der Waals surface area contributed by atoms with Crippen molar-refractivity contribution in [3.8, 4) is 5.75 Å². The van der Waals surface area contributed by atoms with Crippen molar-refractivity contribution in [2.45, 2.75) is 40.0 Å². The maximum atomic E-state index is 12.3. The Bertz CT molecular complexity index is 675. The van der Waals surface area contributed by atoms with Crippen LogP contribution in [-0.2, 0) is 17.6 Å². The van der Waals surface area contributed by atoms with Crippen molar-refractivity contribution in [1.82, 2.24) is 0 Å². The summed E-state index contributed by atoms with van der Waals surface area (Å²) in [5.41, 5.74) is 6.05. The predicted octanol–water partition coefficient (Wildman–Crippen LogP) is 3.95. The molecule has 2 aliphatic carbocycles. The zero-order valence-electron chi connectivity index (χ0n) is 13.2. The van der Waals surface area contributed by atoms with Crippen LogP contribution < -0.4 is 4.74 Å². The van der Waals surface area contributed by atoms with Gasteiger partial charge in [-0.15, -0.1) is 0 Å². The normalized spacial score (nSPS) is 19.9. The zero-order chi connectivity index (χ0) is 15.2. The molecule has 0 aliphatic heterocycles. The highest BCUT2D eigenvalue weighted by Gasteiger charge is 2.32. The monoisotopic (exact) mass is 282 g/mol. The Hall–Kier alpha value is -1.83. The maximum absolute atomic E-state index is 12.3. The molecule has 0 radical (unpaired) electrons. The Kier molecular flexibility index (Phi) is 3.27. The molecule has 0 amide bonds. The van der Waals surface area contributed by atoms with Crippen molar-refractivity contribution >= 4 is 5.78 Å². The highest BCUT2D eigenvalue weighted by molar-refractivity contribution is 6.06. The molecule has 0 fully saturated rings. The predicted molar refractivity (Wildman–Crippen MR) is 84.7 cm³/mol. The number of benzene rings is 1. The molecule has 110 valence electrons. The fourth-order valence-corrected chi connectivity index (χ4v) is 3.55. The van der Waals surface area contributed by atoms with E-state index in [1.807, 2.05) is 0 Å². The summed E-state index contributed by atoms with van der Waals surface area (Å²) in [6.45, 7) is 6.48. The van der Waals surface area contributed by atoms with Crippen LogP contribution in [0, 0.1) is 12.3 Å². The summed E-state index contributed by atoms with van der Waals surface area (Å²) in [4.78, 5) is 12.3. The summed E-state index contributed by atoms with van der Waals surface area (Å²) in [5, 5.41) is 0. The topological polar surface area (TPSA) is 26.3 Å². The summed E-state index contributed by atoms with van der Waals surface area (Å²) in [5.74, 6) is 1.09. The minimum Gasteiger partial charge on any atom is -0.496 e. The summed E-state index contributed by atoms with van der Waals surface area (Å²) >= 11 is 0. The van der Waals surface area contributed by atoms with Gasteiger partial charge in [0.25, 0.3) is 0 Å². The average Bonchev–Trinajstić information content (AvgIpc) is 2.62. The Balaban J connectivity index is 2.09. The molecular weight excluding hydrogens is 260 g/mol. The number of carbonyl (C=O) groups excluding carboxylic acids is 1. The molecule has 3 rings (SSSR count). The molecule has 0 saturated heterocycles. The third-order valence-corrected chi connectivity index (χ3v) is 4.82. The summed E-state index contributed by atoms with van der Waals surface area (Å²) in [7, 11) is 1.70. The molecule has 0 bridgehead atoms. The van der Waals surface area contributed by atoms with E-state index in [1.165, 1.54) is 22.3 Å². The van der Waals surface area contributed by atoms with Crippen molar-refractivity contribution in [2.75, 3.05) is 7.11 Å². The quantitative estimate of drug-likeness (QED) is 0.779. The number of aryl methyl sites for hydroxylation is 2. The van der Waals surface area contributed by atoms with Crippen molar-refractivity contribution in [3.05, 3.63) is 52.1 Å². The molecule has 2 aliphatic rings. The van der Waals surface area contributed by atoms with Gasteiger partial charge in [0.2, 0.25) is 0 Å². The highest BCUT2D eigenvalue weighted by atomic mass is 16.5. The number of hydrogen-bond acceptors (Lipinski definition) is 2. The van der Waals surface area contributed by atoms with Gasteiger partial charge in [-0.2, -0.15) is 0 Å². The van der Waals surface area contributed by atoms with Gasteiger partial charge in [-0.1, -0.05) is 31.6 Å². The van der Waals surface area contributed by atoms with E-state index in [-0.39, 0.29) is 11.2 Å². The van der Waals surface area contributed by atoms with Crippen molar-refractivity contribution in [1.29, 1.82) is 0 Å². The van der Waals surface area contributed by atoms with Gasteiger partial charge in [0, 0.05) is 17.4 Å². The van der Waals surface area contributed by atoms with Crippen LogP contribution in [0.25, 0.3) is 0 Å². The van der Waals surface area contributed by atoms with Gasteiger partial charge in [0.05, 0.1) is 7.11 Å². The molecule has 0 aromatic heterocycles. The Labute approximate surface area is 126 Å². The Morgan fingerprint density at radius 3 is 2.62 bits per heavy atom. The number of ketones is 1. The molecule has 0 saturated carbocycles. The van der Waals surface area contributed by atoms with E-state index in [4.69, 9.17) is 4.74 Å². The molecule has 1 aromatic carbocycles. The van der Waals surface area contributed by atoms with Gasteiger partial charge in [0.1, 0.15) is 5.75 Å². The largest absolute Gasteiger partial charge is 0.496 e. The van der Waals surface area contributed by atoms with E-state index < -0.39 is 0 Å². The van der Waals surface area contributed by atoms with E-state index in [0.29, 0.717) is 0 Å². The van der Waals surface area contributed by atoms with Crippen molar-refractivity contribution in [3.63, 3.8) is 0 Å². The molecule has 0 heterocycles. The van der Waals surface area contributed by atoms with E-state index in [0.717, 1.165) is 30.6 Å². The first-order chi connectivity index (χ1) is 9.92. The van der Waals surface area contributed by atoms with E-state index in [9.17, 15) is 4.79 Å². The van der Waals surface area contributed by atoms with Gasteiger partial charge in [-0.25, -0.2) is 0 Å². The fraction of sp³-hybridized carbons (Fsp3) is 0.421. The zero-order valence-corrected chi connectivity index (χ0v) is 13.2. The number of ether oxygens (including phenoxy) is 1. The van der Waals surface area contributed by atoms with Gasteiger partial charge in [-0.05, 0) is 48.6 Å². The van der Waals surface area contributed by atoms with Crippen LogP contribution in [0.15, 0.2) is 35.4 Å². The van der Waals surface area contributed by atoms with Crippen LogP contribution in [0.4, 0.5) is 0 Å². The minimum absolute atomic E-state index is 0.00951. The van der Waals surface area contributed by atoms with Crippen LogP contribution in [0.2, 0.25) is 0 Å². The number of carbonyl (C=O) groups is 1. The number of fused-ring (bicyclic) bond motifs is 1. The lowest BCUT2D eigenvalue weighted by Gasteiger charge is -2.29. The third kappa shape index (κ3) is 2.33. The van der Waals surface area contributed by atoms with Crippen LogP contribution >= 0.6 is 0 Å². The molecule has 0 N–H and O–H groups in total. The maximum Gasteiger partial charge on any atom is 0.181 e. The van der Waals surface area contributed by atoms with Gasteiger partial charge >= 0.3 is 0 Å². The second-order valence-corrected chi connectivity index (χ2v) is 6.64. The van der Waals surface area contributed by atoms with Crippen LogP contribution in [0.3, 0.4) is 0 Å². The van der Waals surface area contributed by atoms with Crippen molar-refractivity contribution < 1.29 is 9.53 Å². The first-order valence-electron chi connectivity index (χ1n) is 7.55. The van der Waals surface area contributed by atoms with E-state index >= 15 is 0 Å². The summed E-state index contributed by atoms with van der Waals surface area (Å²) in [6, 6.07) is 4.33. The molecule has 0 atom stereocenters. The lowest BCUT2D eigenvalue weighted by molar-refractivity contribution is -0.111. The molecule has 21 heavy (non-hydrogen) atoms. The molecule has 1 aromatic rings. The smallest absolute Gasteiger partial charge is 0.181 e. The molecule has 2 heteroatoms. The first-order valence-corrected chi connectivity index (χ1v) is 7.55. The number of allylic oxidation sites excluding steroid dienone is 4. The summed E-state index contributed by atoms with van der Waals surface area (Å²) < 4.78 is 5.44. The van der Waals surface area contributed by atoms with Gasteiger partial charge in [0.15, 0.2) is 5.78 Å². The lowest BCUT2D eigenvalue weighted by Crippen LogP contribution is -2.22. The Morgan fingerprint density at radius 2 is 1.90 bits per heavy atom. The number of rotatable bonds is 1. The molecule has 2 nitrogen and oxygen atoms in total. The second-order valence-electron chi connectivity index (χ2n) is 6.64. The number of hydrogen-bond donors (Lipinski definition) is 0. The van der Waals surface area contributed by atoms with E-state index in [2.05, 4.69) is 39.0 Å². The Morgan fingerprint density at radius 1 is 1.14 bits per heavy atom. The van der Waals surface area contributed by atoms with Gasteiger partial charge in [-0.3, -0.25) is 4.79 Å². The minimum atomic E-state index is -0.00951. The molecule has 0 spiro atoms. The fourth-order valence-electron chi connectivity index (χ4n) is 3.55. The number of methoxy groups -OCH3 is 1. The highest BCUT2D eigenvalue weighted by Crippen LogP contribution is 2.41. The third-order valence-electron chi connectivity index (χ3n) is 4.82. The summed E-state index contributed by atoms with van der Waals surface area (Å²) in [6.07, 6.45) is 6.50. The SMILES string of the molecule is COc1cc2c(cc1C)CCC1=C(C2)C(=O)C=CC1(C)C. The second kappa shape index (κ2) is 4.87. The standard InChI is InChI=1S/C19H22O2/c1-12-9-13-5-6-16-15(10-14(13)11-18(12)21-4)17(20)7-8-19(16,2)3/h7-9,11H,5-6,10H2,1-4H3. The lowest BCUT2D eigenvalue weighted by atomic mass is 9.74. The van der Waals surface area contributed by atoms with Crippen LogP contribution in [-0.4, -0.2) is 12.9 Å². The van der Waals surface area contributed by atoms with E-state index in [1.54, 1.807) is 13.2 Å². The van der Waals surface area contributed by atoms with Gasteiger partial charge < -0.3 is 4.74 Å².